The van der Waals surface area contributed by atoms with E-state index in [1.165, 1.54) is 4.90 Å². The Kier molecular flexibility index (Phi) is 4.00. The van der Waals surface area contributed by atoms with Crippen LogP contribution in [0.4, 0.5) is 24.9 Å². The summed E-state index contributed by atoms with van der Waals surface area (Å²) in [4.78, 5) is 11.0. The second-order valence-electron chi connectivity index (χ2n) is 4.29. The monoisotopic (exact) mass is 295 g/mol. The Balaban J connectivity index is 1.96. The summed E-state index contributed by atoms with van der Waals surface area (Å²) < 4.78 is 36.8. The van der Waals surface area contributed by atoms with Gasteiger partial charge in [0.2, 0.25) is 5.95 Å². The molecule has 1 aliphatic heterocycles. The Hall–Kier alpha value is -1.28. The Bertz CT molecular complexity index is 425. The van der Waals surface area contributed by atoms with Crippen molar-refractivity contribution in [3.05, 3.63) is 11.2 Å². The molecule has 0 aliphatic carbocycles. The summed E-state index contributed by atoms with van der Waals surface area (Å²) in [6.07, 6.45) is -4.16. The van der Waals surface area contributed by atoms with E-state index in [-0.39, 0.29) is 11.1 Å². The number of hydrogen-bond donors (Lipinski definition) is 1. The lowest BCUT2D eigenvalue weighted by molar-refractivity contribution is -0.146. The van der Waals surface area contributed by atoms with Crippen molar-refractivity contribution in [2.24, 2.45) is 0 Å². The van der Waals surface area contributed by atoms with Gasteiger partial charge in [0.25, 0.3) is 0 Å². The van der Waals surface area contributed by atoms with E-state index in [9.17, 15) is 13.2 Å². The third-order valence-electron chi connectivity index (χ3n) is 2.80. The molecular formula is C10H13ClF3N5. The molecule has 1 aromatic heterocycles. The SMILES string of the molecule is Nc1nc(Cl)cc(N2CCN(CC(F)(F)F)CC2)n1. The molecule has 2 rings (SSSR count). The van der Waals surface area contributed by atoms with E-state index >= 15 is 0 Å². The van der Waals surface area contributed by atoms with E-state index in [0.717, 1.165) is 0 Å². The molecule has 0 radical (unpaired) electrons. The van der Waals surface area contributed by atoms with Gasteiger partial charge in [0.15, 0.2) is 0 Å². The van der Waals surface area contributed by atoms with Gasteiger partial charge in [-0.25, -0.2) is 4.98 Å². The Morgan fingerprint density at radius 1 is 1.21 bits per heavy atom. The van der Waals surface area contributed by atoms with Crippen LogP contribution in [-0.2, 0) is 0 Å². The maximum atomic E-state index is 12.3. The Morgan fingerprint density at radius 3 is 2.37 bits per heavy atom. The fourth-order valence-corrected chi connectivity index (χ4v) is 2.16. The van der Waals surface area contributed by atoms with Crippen molar-refractivity contribution in [3.63, 3.8) is 0 Å². The first-order valence-corrected chi connectivity index (χ1v) is 6.05. The fraction of sp³-hybridized carbons (Fsp3) is 0.600. The van der Waals surface area contributed by atoms with E-state index in [1.807, 2.05) is 4.90 Å². The fourth-order valence-electron chi connectivity index (χ4n) is 1.97. The van der Waals surface area contributed by atoms with Gasteiger partial charge >= 0.3 is 6.18 Å². The van der Waals surface area contributed by atoms with Crippen LogP contribution in [0.5, 0.6) is 0 Å². The molecule has 0 aromatic carbocycles. The number of piperazine rings is 1. The summed E-state index contributed by atoms with van der Waals surface area (Å²) in [6, 6.07) is 1.55. The van der Waals surface area contributed by atoms with Crippen LogP contribution in [-0.4, -0.2) is 53.8 Å². The topological polar surface area (TPSA) is 58.3 Å². The van der Waals surface area contributed by atoms with Crippen molar-refractivity contribution in [1.29, 1.82) is 0 Å². The minimum absolute atomic E-state index is 0.0558. The van der Waals surface area contributed by atoms with E-state index < -0.39 is 12.7 Å². The standard InChI is InChI=1S/C10H13ClF3N5/c11-7-5-8(17-9(15)16-7)19-3-1-18(2-4-19)6-10(12,13)14/h5H,1-4,6H2,(H2,15,16,17). The predicted octanol–water partition coefficient (Wildman–Crippen LogP) is 1.40. The first-order valence-electron chi connectivity index (χ1n) is 5.67. The summed E-state index contributed by atoms with van der Waals surface area (Å²) in [5, 5.41) is 0.222. The molecular weight excluding hydrogens is 283 g/mol. The van der Waals surface area contributed by atoms with Crippen LogP contribution >= 0.6 is 11.6 Å². The number of rotatable bonds is 2. The second-order valence-corrected chi connectivity index (χ2v) is 4.67. The molecule has 0 spiro atoms. The molecule has 2 heterocycles. The summed E-state index contributed by atoms with van der Waals surface area (Å²) >= 11 is 5.77. The number of anilines is 2. The largest absolute Gasteiger partial charge is 0.401 e. The highest BCUT2D eigenvalue weighted by atomic mass is 35.5. The molecule has 0 amide bonds. The zero-order valence-electron chi connectivity index (χ0n) is 9.99. The third-order valence-corrected chi connectivity index (χ3v) is 2.99. The molecule has 0 atom stereocenters. The van der Waals surface area contributed by atoms with Crippen molar-refractivity contribution in [3.8, 4) is 0 Å². The lowest BCUT2D eigenvalue weighted by atomic mass is 10.3. The number of nitrogens with two attached hydrogens (primary N) is 1. The molecule has 1 saturated heterocycles. The van der Waals surface area contributed by atoms with Crippen LogP contribution in [0.2, 0.25) is 5.15 Å². The molecule has 0 bridgehead atoms. The van der Waals surface area contributed by atoms with E-state index in [4.69, 9.17) is 17.3 Å². The van der Waals surface area contributed by atoms with Gasteiger partial charge < -0.3 is 10.6 Å². The molecule has 2 N–H and O–H groups in total. The maximum absolute atomic E-state index is 12.3. The zero-order chi connectivity index (χ0) is 14.0. The van der Waals surface area contributed by atoms with Gasteiger partial charge in [0.05, 0.1) is 6.54 Å². The number of hydrogen-bond acceptors (Lipinski definition) is 5. The minimum Gasteiger partial charge on any atom is -0.368 e. The molecule has 1 aliphatic rings. The van der Waals surface area contributed by atoms with E-state index in [1.54, 1.807) is 6.07 Å². The van der Waals surface area contributed by atoms with Gasteiger partial charge in [-0.3, -0.25) is 4.90 Å². The molecule has 106 valence electrons. The van der Waals surface area contributed by atoms with Crippen LogP contribution < -0.4 is 10.6 Å². The van der Waals surface area contributed by atoms with Crippen LogP contribution in [0, 0.1) is 0 Å². The van der Waals surface area contributed by atoms with Gasteiger partial charge in [-0.15, -0.1) is 0 Å². The molecule has 1 fully saturated rings. The minimum atomic E-state index is -4.16. The molecule has 9 heteroatoms. The molecule has 0 saturated carbocycles. The number of halogens is 4. The van der Waals surface area contributed by atoms with Crippen LogP contribution in [0.3, 0.4) is 0 Å². The van der Waals surface area contributed by atoms with E-state index in [0.29, 0.717) is 32.0 Å². The van der Waals surface area contributed by atoms with Crippen LogP contribution in [0.25, 0.3) is 0 Å². The highest BCUT2D eigenvalue weighted by Crippen LogP contribution is 2.21. The third kappa shape index (κ3) is 4.10. The van der Waals surface area contributed by atoms with Crippen molar-refractivity contribution in [2.75, 3.05) is 43.4 Å². The zero-order valence-corrected chi connectivity index (χ0v) is 10.7. The van der Waals surface area contributed by atoms with Crippen LogP contribution in [0.1, 0.15) is 0 Å². The highest BCUT2D eigenvalue weighted by Gasteiger charge is 2.32. The van der Waals surface area contributed by atoms with Gasteiger partial charge in [-0.1, -0.05) is 11.6 Å². The summed E-state index contributed by atoms with van der Waals surface area (Å²) in [6.45, 7) is 0.654. The summed E-state index contributed by atoms with van der Waals surface area (Å²) in [7, 11) is 0. The van der Waals surface area contributed by atoms with Gasteiger partial charge in [0, 0.05) is 32.2 Å². The molecule has 19 heavy (non-hydrogen) atoms. The van der Waals surface area contributed by atoms with Crippen LogP contribution in [0.15, 0.2) is 6.07 Å². The first-order chi connectivity index (χ1) is 8.83. The summed E-state index contributed by atoms with van der Waals surface area (Å²) in [5.74, 6) is 0.601. The van der Waals surface area contributed by atoms with Crippen molar-refractivity contribution >= 4 is 23.4 Å². The van der Waals surface area contributed by atoms with Crippen molar-refractivity contribution in [1.82, 2.24) is 14.9 Å². The van der Waals surface area contributed by atoms with E-state index in [2.05, 4.69) is 9.97 Å². The second kappa shape index (κ2) is 5.38. The number of nitrogen functional groups attached to an aromatic ring is 1. The normalized spacial score (nSPS) is 17.8. The van der Waals surface area contributed by atoms with Gasteiger partial charge in [0.1, 0.15) is 11.0 Å². The van der Waals surface area contributed by atoms with Crippen molar-refractivity contribution < 1.29 is 13.2 Å². The quantitative estimate of drug-likeness (QED) is 0.836. The molecule has 0 unspecified atom stereocenters. The van der Waals surface area contributed by atoms with Crippen molar-refractivity contribution in [2.45, 2.75) is 6.18 Å². The Morgan fingerprint density at radius 2 is 1.84 bits per heavy atom. The average molecular weight is 296 g/mol. The van der Waals surface area contributed by atoms with Gasteiger partial charge in [-0.2, -0.15) is 18.2 Å². The average Bonchev–Trinajstić information content (AvgIpc) is 2.26. The summed E-state index contributed by atoms with van der Waals surface area (Å²) in [5.41, 5.74) is 5.48. The smallest absolute Gasteiger partial charge is 0.368 e. The van der Waals surface area contributed by atoms with Gasteiger partial charge in [-0.05, 0) is 0 Å². The highest BCUT2D eigenvalue weighted by molar-refractivity contribution is 6.29. The maximum Gasteiger partial charge on any atom is 0.401 e. The first kappa shape index (κ1) is 14.1. The lowest BCUT2D eigenvalue weighted by Crippen LogP contribution is -2.49. The number of aromatic nitrogens is 2. The number of alkyl halides is 3. The molecule has 5 nitrogen and oxygen atoms in total. The number of nitrogens with zero attached hydrogens (tertiary/aromatic N) is 4. The predicted molar refractivity (Wildman–Crippen MR) is 66.2 cm³/mol. The molecule has 1 aromatic rings. The Labute approximate surface area is 113 Å². The lowest BCUT2D eigenvalue weighted by Gasteiger charge is -2.35.